The van der Waals surface area contributed by atoms with Gasteiger partial charge in [0.2, 0.25) is 0 Å². The van der Waals surface area contributed by atoms with Crippen LogP contribution < -0.4 is 5.32 Å². The van der Waals surface area contributed by atoms with Gasteiger partial charge in [-0.3, -0.25) is 9.78 Å². The lowest BCUT2D eigenvalue weighted by Crippen LogP contribution is -2.23. The molecule has 120 valence electrons. The van der Waals surface area contributed by atoms with Crippen LogP contribution >= 0.6 is 0 Å². The second kappa shape index (κ2) is 6.92. The Morgan fingerprint density at radius 1 is 1.22 bits per heavy atom. The molecule has 1 aliphatic rings. The number of amides is 1. The van der Waals surface area contributed by atoms with E-state index in [0.29, 0.717) is 18.0 Å². The van der Waals surface area contributed by atoms with Crippen LogP contribution in [0.5, 0.6) is 0 Å². The first-order valence-electron chi connectivity index (χ1n) is 8.08. The fourth-order valence-electron chi connectivity index (χ4n) is 2.68. The van der Waals surface area contributed by atoms with Gasteiger partial charge in [0.05, 0.1) is 0 Å². The van der Waals surface area contributed by atoms with Gasteiger partial charge in [-0.1, -0.05) is 24.3 Å². The standard InChI is InChI=1S/C19H23N3O/c1-22(2)13-15-5-3-4-14(10-15)12-21-19(23)17-8-9-20-18(11-17)16-6-7-16/h3-5,8-11,16H,6-7,12-13H2,1-2H3,(H,21,23). The predicted octanol–water partition coefficient (Wildman–Crippen LogP) is 2.95. The third kappa shape index (κ3) is 4.39. The summed E-state index contributed by atoms with van der Waals surface area (Å²) in [5.74, 6) is 0.526. The maximum atomic E-state index is 12.3. The molecule has 1 fully saturated rings. The molecule has 1 amide bonds. The quantitative estimate of drug-likeness (QED) is 0.892. The highest BCUT2D eigenvalue weighted by Crippen LogP contribution is 2.38. The monoisotopic (exact) mass is 309 g/mol. The summed E-state index contributed by atoms with van der Waals surface area (Å²) in [7, 11) is 4.10. The number of pyridine rings is 1. The molecule has 1 aliphatic carbocycles. The van der Waals surface area contributed by atoms with Gasteiger partial charge in [0.25, 0.3) is 5.91 Å². The number of carbonyl (C=O) groups is 1. The minimum atomic E-state index is -0.0349. The van der Waals surface area contributed by atoms with Crippen molar-refractivity contribution in [1.29, 1.82) is 0 Å². The fraction of sp³-hybridized carbons (Fsp3) is 0.368. The molecule has 1 saturated carbocycles. The maximum Gasteiger partial charge on any atom is 0.251 e. The molecule has 0 saturated heterocycles. The van der Waals surface area contributed by atoms with E-state index < -0.39 is 0 Å². The van der Waals surface area contributed by atoms with Crippen LogP contribution in [0.1, 0.15) is 45.9 Å². The number of nitrogens with one attached hydrogen (secondary N) is 1. The van der Waals surface area contributed by atoms with Crippen molar-refractivity contribution < 1.29 is 4.79 Å². The van der Waals surface area contributed by atoms with Crippen LogP contribution in [0.4, 0.5) is 0 Å². The number of aromatic nitrogens is 1. The zero-order valence-electron chi connectivity index (χ0n) is 13.7. The van der Waals surface area contributed by atoms with Crippen LogP contribution in [-0.4, -0.2) is 29.9 Å². The first kappa shape index (κ1) is 15.7. The fourth-order valence-corrected chi connectivity index (χ4v) is 2.68. The molecule has 1 aromatic heterocycles. The van der Waals surface area contributed by atoms with E-state index in [1.54, 1.807) is 12.3 Å². The van der Waals surface area contributed by atoms with E-state index >= 15 is 0 Å². The van der Waals surface area contributed by atoms with E-state index in [-0.39, 0.29) is 5.91 Å². The van der Waals surface area contributed by atoms with Crippen molar-refractivity contribution >= 4 is 5.91 Å². The lowest BCUT2D eigenvalue weighted by Gasteiger charge is -2.11. The lowest BCUT2D eigenvalue weighted by molar-refractivity contribution is 0.0950. The normalized spacial score (nSPS) is 14.0. The van der Waals surface area contributed by atoms with E-state index in [4.69, 9.17) is 0 Å². The number of carbonyl (C=O) groups excluding carboxylic acids is 1. The Morgan fingerprint density at radius 3 is 2.74 bits per heavy atom. The first-order chi connectivity index (χ1) is 11.1. The van der Waals surface area contributed by atoms with Gasteiger partial charge in [0.1, 0.15) is 0 Å². The predicted molar refractivity (Wildman–Crippen MR) is 91.2 cm³/mol. The summed E-state index contributed by atoms with van der Waals surface area (Å²) in [6.45, 7) is 1.44. The molecule has 4 nitrogen and oxygen atoms in total. The van der Waals surface area contributed by atoms with Crippen LogP contribution in [0, 0.1) is 0 Å². The molecule has 1 N–H and O–H groups in total. The van der Waals surface area contributed by atoms with Crippen molar-refractivity contribution in [2.24, 2.45) is 0 Å². The zero-order valence-corrected chi connectivity index (χ0v) is 13.7. The second-order valence-electron chi connectivity index (χ2n) is 6.48. The van der Waals surface area contributed by atoms with Crippen LogP contribution in [-0.2, 0) is 13.1 Å². The van der Waals surface area contributed by atoms with Crippen LogP contribution in [0.2, 0.25) is 0 Å². The average molecular weight is 309 g/mol. The lowest BCUT2D eigenvalue weighted by atomic mass is 10.1. The minimum Gasteiger partial charge on any atom is -0.348 e. The molecule has 1 heterocycles. The van der Waals surface area contributed by atoms with Crippen molar-refractivity contribution in [3.63, 3.8) is 0 Å². The van der Waals surface area contributed by atoms with Gasteiger partial charge in [-0.25, -0.2) is 0 Å². The van der Waals surface area contributed by atoms with Gasteiger partial charge in [-0.15, -0.1) is 0 Å². The third-order valence-corrected chi connectivity index (χ3v) is 3.98. The molecule has 3 rings (SSSR count). The molecule has 4 heteroatoms. The molecule has 23 heavy (non-hydrogen) atoms. The van der Waals surface area contributed by atoms with Gasteiger partial charge in [0.15, 0.2) is 0 Å². The topological polar surface area (TPSA) is 45.2 Å². The molecule has 0 bridgehead atoms. The van der Waals surface area contributed by atoms with Gasteiger partial charge >= 0.3 is 0 Å². The summed E-state index contributed by atoms with van der Waals surface area (Å²) in [5, 5.41) is 3.00. The van der Waals surface area contributed by atoms with Gasteiger partial charge in [0, 0.05) is 36.5 Å². The highest BCUT2D eigenvalue weighted by Gasteiger charge is 2.25. The summed E-state index contributed by atoms with van der Waals surface area (Å²) < 4.78 is 0. The second-order valence-corrected chi connectivity index (χ2v) is 6.48. The average Bonchev–Trinajstić information content (AvgIpc) is 3.37. The van der Waals surface area contributed by atoms with Gasteiger partial charge in [-0.05, 0) is 50.2 Å². The zero-order chi connectivity index (χ0) is 16.2. The Labute approximate surface area is 137 Å². The van der Waals surface area contributed by atoms with Crippen molar-refractivity contribution in [2.45, 2.75) is 31.8 Å². The summed E-state index contributed by atoms with van der Waals surface area (Å²) >= 11 is 0. The minimum absolute atomic E-state index is 0.0349. The van der Waals surface area contributed by atoms with Crippen LogP contribution in [0.25, 0.3) is 0 Å². The van der Waals surface area contributed by atoms with E-state index in [1.165, 1.54) is 18.4 Å². The number of nitrogens with zero attached hydrogens (tertiary/aromatic N) is 2. The summed E-state index contributed by atoms with van der Waals surface area (Å²) in [6.07, 6.45) is 4.12. The maximum absolute atomic E-state index is 12.3. The summed E-state index contributed by atoms with van der Waals surface area (Å²) in [6, 6.07) is 12.0. The Balaban J connectivity index is 1.61. The Bertz CT molecular complexity index is 693. The van der Waals surface area contributed by atoms with Gasteiger partial charge in [-0.2, -0.15) is 0 Å². The SMILES string of the molecule is CN(C)Cc1cccc(CNC(=O)c2ccnc(C3CC3)c2)c1. The molecular weight excluding hydrogens is 286 g/mol. The van der Waals surface area contributed by atoms with Gasteiger partial charge < -0.3 is 10.2 Å². The number of hydrogen-bond acceptors (Lipinski definition) is 3. The summed E-state index contributed by atoms with van der Waals surface area (Å²) in [5.41, 5.74) is 4.12. The molecule has 0 unspecified atom stereocenters. The molecule has 1 aromatic carbocycles. The Hall–Kier alpha value is -2.20. The van der Waals surface area contributed by atoms with Crippen molar-refractivity contribution in [3.8, 4) is 0 Å². The highest BCUT2D eigenvalue weighted by molar-refractivity contribution is 5.94. The van der Waals surface area contributed by atoms with Crippen molar-refractivity contribution in [2.75, 3.05) is 14.1 Å². The molecule has 0 spiro atoms. The smallest absolute Gasteiger partial charge is 0.251 e. The molecule has 0 atom stereocenters. The number of rotatable bonds is 6. The van der Waals surface area contributed by atoms with Crippen LogP contribution in [0.3, 0.4) is 0 Å². The Morgan fingerprint density at radius 2 is 2.00 bits per heavy atom. The highest BCUT2D eigenvalue weighted by atomic mass is 16.1. The van der Waals surface area contributed by atoms with E-state index in [9.17, 15) is 4.79 Å². The van der Waals surface area contributed by atoms with Crippen molar-refractivity contribution in [1.82, 2.24) is 15.2 Å². The number of benzene rings is 1. The van der Waals surface area contributed by atoms with E-state index in [0.717, 1.165) is 17.8 Å². The first-order valence-corrected chi connectivity index (χ1v) is 8.08. The molecule has 2 aromatic rings. The van der Waals surface area contributed by atoms with Crippen LogP contribution in [0.15, 0.2) is 42.6 Å². The Kier molecular flexibility index (Phi) is 4.72. The largest absolute Gasteiger partial charge is 0.348 e. The molecular formula is C19H23N3O. The van der Waals surface area contributed by atoms with E-state index in [2.05, 4.69) is 41.4 Å². The molecule has 0 aliphatic heterocycles. The summed E-state index contributed by atoms with van der Waals surface area (Å²) in [4.78, 5) is 18.8. The van der Waals surface area contributed by atoms with Crippen molar-refractivity contribution in [3.05, 3.63) is 65.0 Å². The third-order valence-electron chi connectivity index (χ3n) is 3.98. The van der Waals surface area contributed by atoms with E-state index in [1.807, 2.05) is 18.2 Å². The number of hydrogen-bond donors (Lipinski definition) is 1. The molecule has 0 radical (unpaired) electrons.